The minimum atomic E-state index is -0.458. The molecule has 0 amide bonds. The second kappa shape index (κ2) is 5.04. The fraction of sp³-hybridized carbons (Fsp3) is 0.214. The number of methoxy groups -OCH3 is 2. The van der Waals surface area contributed by atoms with E-state index in [2.05, 4.69) is 4.98 Å². The minimum Gasteiger partial charge on any atom is -0.493 e. The second-order valence-electron chi connectivity index (χ2n) is 3.87. The Kier molecular flexibility index (Phi) is 3.46. The minimum absolute atomic E-state index is 0.458. The lowest BCUT2D eigenvalue weighted by Gasteiger charge is -2.12. The van der Waals surface area contributed by atoms with Crippen LogP contribution in [-0.4, -0.2) is 19.2 Å². The Morgan fingerprint density at radius 1 is 1.17 bits per heavy atom. The summed E-state index contributed by atoms with van der Waals surface area (Å²) >= 11 is 0. The zero-order chi connectivity index (χ0) is 13.1. The quantitative estimate of drug-likeness (QED) is 0.780. The van der Waals surface area contributed by atoms with Crippen molar-refractivity contribution in [3.63, 3.8) is 0 Å². The molecule has 1 aromatic carbocycles. The summed E-state index contributed by atoms with van der Waals surface area (Å²) in [6.45, 7) is 1.68. The molecule has 0 radical (unpaired) electrons. The molecular weight excluding hydrogens is 233 g/mol. The average Bonchev–Trinajstić information content (AvgIpc) is 2.40. The third-order valence-corrected chi connectivity index (χ3v) is 2.73. The van der Waals surface area contributed by atoms with E-state index in [0.29, 0.717) is 17.1 Å². The number of ether oxygens (including phenoxy) is 2. The molecule has 0 aliphatic rings. The largest absolute Gasteiger partial charge is 0.493 e. The van der Waals surface area contributed by atoms with Crippen LogP contribution in [0.3, 0.4) is 0 Å². The van der Waals surface area contributed by atoms with Gasteiger partial charge in [0, 0.05) is 22.9 Å². The number of aromatic nitrogens is 1. The Hall–Kier alpha value is -2.10. The highest BCUT2D eigenvalue weighted by Crippen LogP contribution is 2.37. The molecule has 0 saturated carbocycles. The van der Waals surface area contributed by atoms with E-state index in [1.165, 1.54) is 6.20 Å². The number of halogens is 1. The van der Waals surface area contributed by atoms with E-state index in [9.17, 15) is 4.39 Å². The number of hydrogen-bond donors (Lipinski definition) is 0. The van der Waals surface area contributed by atoms with Gasteiger partial charge in [0.05, 0.1) is 14.2 Å². The van der Waals surface area contributed by atoms with Gasteiger partial charge in [0.15, 0.2) is 11.5 Å². The van der Waals surface area contributed by atoms with Crippen LogP contribution in [0.5, 0.6) is 11.5 Å². The number of hydrogen-bond acceptors (Lipinski definition) is 3. The molecule has 0 saturated heterocycles. The van der Waals surface area contributed by atoms with Gasteiger partial charge in [-0.05, 0) is 19.1 Å². The van der Waals surface area contributed by atoms with Gasteiger partial charge in [-0.2, -0.15) is 4.39 Å². The van der Waals surface area contributed by atoms with Crippen LogP contribution in [0.25, 0.3) is 11.1 Å². The van der Waals surface area contributed by atoms with Crippen molar-refractivity contribution in [2.45, 2.75) is 6.92 Å². The molecule has 0 aliphatic carbocycles. The molecular formula is C14H14FNO2. The smallest absolute Gasteiger partial charge is 0.215 e. The monoisotopic (exact) mass is 247 g/mol. The molecule has 0 unspecified atom stereocenters. The van der Waals surface area contributed by atoms with Crippen LogP contribution in [0.15, 0.2) is 30.5 Å². The van der Waals surface area contributed by atoms with Crippen molar-refractivity contribution in [3.8, 4) is 22.6 Å². The first-order valence-electron chi connectivity index (χ1n) is 5.51. The van der Waals surface area contributed by atoms with Crippen molar-refractivity contribution in [3.05, 3.63) is 42.0 Å². The maximum absolute atomic E-state index is 13.2. The molecule has 2 aromatic rings. The van der Waals surface area contributed by atoms with E-state index in [0.717, 1.165) is 11.1 Å². The van der Waals surface area contributed by atoms with Gasteiger partial charge in [-0.1, -0.05) is 12.1 Å². The summed E-state index contributed by atoms with van der Waals surface area (Å²) in [4.78, 5) is 3.72. The Bertz CT molecular complexity index is 570. The zero-order valence-electron chi connectivity index (χ0n) is 10.5. The number of benzene rings is 1. The molecule has 0 atom stereocenters. The topological polar surface area (TPSA) is 31.4 Å². The lowest BCUT2D eigenvalue weighted by Crippen LogP contribution is -1.95. The summed E-state index contributed by atoms with van der Waals surface area (Å²) in [6, 6.07) is 7.29. The molecule has 0 fully saturated rings. The molecule has 0 N–H and O–H groups in total. The zero-order valence-corrected chi connectivity index (χ0v) is 10.5. The number of aryl methyl sites for hydroxylation is 1. The van der Waals surface area contributed by atoms with Crippen LogP contribution >= 0.6 is 0 Å². The van der Waals surface area contributed by atoms with E-state index >= 15 is 0 Å². The molecule has 0 spiro atoms. The first-order chi connectivity index (χ1) is 8.67. The summed E-state index contributed by atoms with van der Waals surface area (Å²) in [7, 11) is 3.15. The van der Waals surface area contributed by atoms with Gasteiger partial charge in [-0.25, -0.2) is 4.98 Å². The number of para-hydroxylation sites is 1. The Morgan fingerprint density at radius 2 is 1.94 bits per heavy atom. The highest BCUT2D eigenvalue weighted by Gasteiger charge is 2.12. The van der Waals surface area contributed by atoms with Crippen LogP contribution in [0.1, 0.15) is 5.56 Å². The first-order valence-corrected chi connectivity index (χ1v) is 5.51. The molecule has 18 heavy (non-hydrogen) atoms. The van der Waals surface area contributed by atoms with Gasteiger partial charge in [-0.15, -0.1) is 0 Å². The van der Waals surface area contributed by atoms with Crippen molar-refractivity contribution in [2.24, 2.45) is 0 Å². The average molecular weight is 247 g/mol. The van der Waals surface area contributed by atoms with Gasteiger partial charge in [0.25, 0.3) is 0 Å². The van der Waals surface area contributed by atoms with Crippen LogP contribution in [-0.2, 0) is 0 Å². The molecule has 1 heterocycles. The second-order valence-corrected chi connectivity index (χ2v) is 3.87. The summed E-state index contributed by atoms with van der Waals surface area (Å²) in [5, 5.41) is 0. The van der Waals surface area contributed by atoms with E-state index < -0.39 is 5.95 Å². The predicted octanol–water partition coefficient (Wildman–Crippen LogP) is 3.21. The molecule has 2 rings (SSSR count). The highest BCUT2D eigenvalue weighted by molar-refractivity contribution is 5.73. The lowest BCUT2D eigenvalue weighted by molar-refractivity contribution is 0.356. The summed E-state index contributed by atoms with van der Waals surface area (Å²) in [5.74, 6) is 0.797. The van der Waals surface area contributed by atoms with Crippen LogP contribution in [0, 0.1) is 12.9 Å². The van der Waals surface area contributed by atoms with E-state index in [1.54, 1.807) is 27.2 Å². The lowest BCUT2D eigenvalue weighted by atomic mass is 10.0. The standard InChI is InChI=1S/C14H14FNO2/c1-9-7-10(8-16-14(9)15)11-5-4-6-12(17-2)13(11)18-3/h4-8H,1-3H3. The Morgan fingerprint density at radius 3 is 2.56 bits per heavy atom. The summed E-state index contributed by atoms with van der Waals surface area (Å²) < 4.78 is 23.8. The van der Waals surface area contributed by atoms with Crippen molar-refractivity contribution in [1.29, 1.82) is 0 Å². The molecule has 4 heteroatoms. The number of rotatable bonds is 3. The van der Waals surface area contributed by atoms with Crippen LogP contribution < -0.4 is 9.47 Å². The third kappa shape index (κ3) is 2.14. The van der Waals surface area contributed by atoms with Gasteiger partial charge in [0.1, 0.15) is 0 Å². The summed E-state index contributed by atoms with van der Waals surface area (Å²) in [6.07, 6.45) is 1.49. The Labute approximate surface area is 105 Å². The fourth-order valence-corrected chi connectivity index (χ4v) is 1.82. The maximum Gasteiger partial charge on any atom is 0.215 e. The van der Waals surface area contributed by atoms with Crippen molar-refractivity contribution in [1.82, 2.24) is 4.98 Å². The Balaban J connectivity index is 2.59. The van der Waals surface area contributed by atoms with E-state index in [-0.39, 0.29) is 0 Å². The number of pyridine rings is 1. The maximum atomic E-state index is 13.2. The van der Waals surface area contributed by atoms with E-state index in [1.807, 2.05) is 18.2 Å². The van der Waals surface area contributed by atoms with Gasteiger partial charge < -0.3 is 9.47 Å². The van der Waals surface area contributed by atoms with Crippen molar-refractivity contribution < 1.29 is 13.9 Å². The van der Waals surface area contributed by atoms with E-state index in [4.69, 9.17) is 9.47 Å². The third-order valence-electron chi connectivity index (χ3n) is 2.73. The fourth-order valence-electron chi connectivity index (χ4n) is 1.82. The molecule has 0 bridgehead atoms. The SMILES string of the molecule is COc1cccc(-c2cnc(F)c(C)c2)c1OC. The number of nitrogens with zero attached hydrogens (tertiary/aromatic N) is 1. The first kappa shape index (κ1) is 12.4. The molecule has 1 aromatic heterocycles. The van der Waals surface area contributed by atoms with Crippen molar-refractivity contribution >= 4 is 0 Å². The molecule has 3 nitrogen and oxygen atoms in total. The van der Waals surface area contributed by atoms with Crippen LogP contribution in [0.4, 0.5) is 4.39 Å². The summed E-state index contributed by atoms with van der Waals surface area (Å²) in [5.41, 5.74) is 2.12. The van der Waals surface area contributed by atoms with Crippen LogP contribution in [0.2, 0.25) is 0 Å². The highest BCUT2D eigenvalue weighted by atomic mass is 19.1. The van der Waals surface area contributed by atoms with Gasteiger partial charge >= 0.3 is 0 Å². The normalized spacial score (nSPS) is 10.2. The van der Waals surface area contributed by atoms with Crippen molar-refractivity contribution in [2.75, 3.05) is 14.2 Å². The predicted molar refractivity (Wildman–Crippen MR) is 67.5 cm³/mol. The van der Waals surface area contributed by atoms with Gasteiger partial charge in [-0.3, -0.25) is 0 Å². The molecule has 94 valence electrons. The molecule has 0 aliphatic heterocycles. The van der Waals surface area contributed by atoms with Gasteiger partial charge in [0.2, 0.25) is 5.95 Å².